The Morgan fingerprint density at radius 2 is 1.62 bits per heavy atom. The first-order chi connectivity index (χ1) is 9.99. The Bertz CT molecular complexity index is 418. The average Bonchev–Trinajstić information content (AvgIpc) is 2.46. The number of hydrogen-bond acceptors (Lipinski definition) is 7. The summed E-state index contributed by atoms with van der Waals surface area (Å²) in [7, 11) is 0. The molecule has 0 saturated carbocycles. The van der Waals surface area contributed by atoms with Gasteiger partial charge in [-0.3, -0.25) is 5.43 Å². The van der Waals surface area contributed by atoms with Gasteiger partial charge >= 0.3 is 0 Å². The number of hydrogen-bond donors (Lipinski definition) is 3. The highest BCUT2D eigenvalue weighted by Gasteiger charge is 2.12. The SMILES string of the molecule is CCN(CC)c1nc(NN)nc(NC(C)CCC(C)C)n1. The molecule has 1 aromatic heterocycles. The van der Waals surface area contributed by atoms with Crippen LogP contribution < -0.4 is 21.5 Å². The van der Waals surface area contributed by atoms with Gasteiger partial charge in [0.05, 0.1) is 0 Å². The average molecular weight is 295 g/mol. The lowest BCUT2D eigenvalue weighted by Gasteiger charge is -2.20. The lowest BCUT2D eigenvalue weighted by Crippen LogP contribution is -2.27. The molecule has 0 radical (unpaired) electrons. The van der Waals surface area contributed by atoms with Gasteiger partial charge in [0.2, 0.25) is 17.8 Å². The van der Waals surface area contributed by atoms with Crippen molar-refractivity contribution in [3.8, 4) is 0 Å². The summed E-state index contributed by atoms with van der Waals surface area (Å²) in [6.07, 6.45) is 2.25. The Hall–Kier alpha value is -1.63. The van der Waals surface area contributed by atoms with E-state index in [2.05, 4.69) is 65.2 Å². The Morgan fingerprint density at radius 1 is 1.00 bits per heavy atom. The van der Waals surface area contributed by atoms with Crippen LogP contribution in [0.25, 0.3) is 0 Å². The quantitative estimate of drug-likeness (QED) is 0.475. The van der Waals surface area contributed by atoms with Crippen LogP contribution in [0.3, 0.4) is 0 Å². The van der Waals surface area contributed by atoms with Gasteiger partial charge in [0.15, 0.2) is 0 Å². The van der Waals surface area contributed by atoms with E-state index >= 15 is 0 Å². The fourth-order valence-corrected chi connectivity index (χ4v) is 2.02. The molecule has 0 fully saturated rings. The topological polar surface area (TPSA) is 92.0 Å². The second-order valence-electron chi connectivity index (χ2n) is 5.62. The molecular weight excluding hydrogens is 266 g/mol. The van der Waals surface area contributed by atoms with E-state index in [4.69, 9.17) is 5.84 Å². The molecule has 0 bridgehead atoms. The summed E-state index contributed by atoms with van der Waals surface area (Å²) in [5, 5.41) is 3.33. The molecule has 1 heterocycles. The van der Waals surface area contributed by atoms with Crippen molar-refractivity contribution in [3.63, 3.8) is 0 Å². The van der Waals surface area contributed by atoms with E-state index in [1.54, 1.807) is 0 Å². The lowest BCUT2D eigenvalue weighted by molar-refractivity contribution is 0.526. The molecule has 1 atom stereocenters. The van der Waals surface area contributed by atoms with Gasteiger partial charge in [-0.1, -0.05) is 13.8 Å². The third-order valence-corrected chi connectivity index (χ3v) is 3.35. The molecule has 0 aromatic carbocycles. The maximum atomic E-state index is 5.45. The predicted molar refractivity (Wildman–Crippen MR) is 88.4 cm³/mol. The molecule has 0 aliphatic rings. The van der Waals surface area contributed by atoms with Crippen molar-refractivity contribution in [2.24, 2.45) is 11.8 Å². The Kier molecular flexibility index (Phi) is 7.14. The van der Waals surface area contributed by atoms with Gasteiger partial charge in [-0.25, -0.2) is 5.84 Å². The van der Waals surface area contributed by atoms with Crippen molar-refractivity contribution in [2.45, 2.75) is 53.5 Å². The standard InChI is InChI=1S/C14H29N7/c1-6-21(7-2)14-18-12(17-13(19-14)20-15)16-11(5)9-8-10(3)4/h10-11H,6-9,15H2,1-5H3,(H2,16,17,18,19,20). The lowest BCUT2D eigenvalue weighted by atomic mass is 10.0. The molecule has 1 aromatic rings. The maximum Gasteiger partial charge on any atom is 0.243 e. The monoisotopic (exact) mass is 295 g/mol. The number of nitrogens with zero attached hydrogens (tertiary/aromatic N) is 4. The molecule has 0 amide bonds. The van der Waals surface area contributed by atoms with E-state index in [-0.39, 0.29) is 0 Å². The van der Waals surface area contributed by atoms with Crippen molar-refractivity contribution in [2.75, 3.05) is 28.7 Å². The highest BCUT2D eigenvalue weighted by Crippen LogP contribution is 2.15. The number of hydrazine groups is 1. The van der Waals surface area contributed by atoms with Crippen LogP contribution in [0.1, 0.15) is 47.5 Å². The van der Waals surface area contributed by atoms with Crippen LogP contribution >= 0.6 is 0 Å². The summed E-state index contributed by atoms with van der Waals surface area (Å²) in [6, 6.07) is 0.310. The number of nitrogen functional groups attached to an aromatic ring is 1. The van der Waals surface area contributed by atoms with E-state index < -0.39 is 0 Å². The van der Waals surface area contributed by atoms with E-state index in [9.17, 15) is 0 Å². The molecule has 1 unspecified atom stereocenters. The van der Waals surface area contributed by atoms with Crippen LogP contribution in [-0.2, 0) is 0 Å². The predicted octanol–water partition coefficient (Wildman–Crippen LogP) is 2.24. The zero-order chi connectivity index (χ0) is 15.8. The molecule has 21 heavy (non-hydrogen) atoms. The molecule has 0 aliphatic carbocycles. The molecule has 7 nitrogen and oxygen atoms in total. The van der Waals surface area contributed by atoms with Gasteiger partial charge in [0.1, 0.15) is 0 Å². The minimum absolute atomic E-state index is 0.310. The Balaban J connectivity index is 2.83. The van der Waals surface area contributed by atoms with Gasteiger partial charge in [-0.15, -0.1) is 0 Å². The highest BCUT2D eigenvalue weighted by atomic mass is 15.4. The second-order valence-corrected chi connectivity index (χ2v) is 5.62. The molecule has 0 saturated heterocycles. The fourth-order valence-electron chi connectivity index (χ4n) is 2.02. The first kappa shape index (κ1) is 17.4. The molecular formula is C14H29N7. The second kappa shape index (κ2) is 8.61. The van der Waals surface area contributed by atoms with Crippen LogP contribution in [0.2, 0.25) is 0 Å². The zero-order valence-electron chi connectivity index (χ0n) is 13.8. The third-order valence-electron chi connectivity index (χ3n) is 3.35. The molecule has 4 N–H and O–H groups in total. The van der Waals surface area contributed by atoms with Gasteiger partial charge in [0.25, 0.3) is 0 Å². The smallest absolute Gasteiger partial charge is 0.243 e. The van der Waals surface area contributed by atoms with Crippen LogP contribution in [-0.4, -0.2) is 34.1 Å². The minimum Gasteiger partial charge on any atom is -0.352 e. The summed E-state index contributed by atoms with van der Waals surface area (Å²) in [6.45, 7) is 12.4. The van der Waals surface area contributed by atoms with E-state index in [1.807, 2.05) is 0 Å². The van der Waals surface area contributed by atoms with Crippen molar-refractivity contribution >= 4 is 17.8 Å². The molecule has 0 aliphatic heterocycles. The van der Waals surface area contributed by atoms with E-state index in [0.29, 0.717) is 29.8 Å². The number of nitrogens with one attached hydrogen (secondary N) is 2. The van der Waals surface area contributed by atoms with Crippen LogP contribution in [0.5, 0.6) is 0 Å². The number of aromatic nitrogens is 3. The normalized spacial score (nSPS) is 12.3. The molecule has 120 valence electrons. The van der Waals surface area contributed by atoms with E-state index in [1.165, 1.54) is 6.42 Å². The summed E-state index contributed by atoms with van der Waals surface area (Å²) in [5.74, 6) is 7.73. The first-order valence-electron chi connectivity index (χ1n) is 7.74. The maximum absolute atomic E-state index is 5.45. The van der Waals surface area contributed by atoms with Gasteiger partial charge in [-0.05, 0) is 39.5 Å². The number of rotatable bonds is 9. The van der Waals surface area contributed by atoms with Crippen molar-refractivity contribution in [3.05, 3.63) is 0 Å². The van der Waals surface area contributed by atoms with Gasteiger partial charge < -0.3 is 10.2 Å². The largest absolute Gasteiger partial charge is 0.352 e. The van der Waals surface area contributed by atoms with Crippen LogP contribution in [0.4, 0.5) is 17.8 Å². The van der Waals surface area contributed by atoms with Crippen molar-refractivity contribution < 1.29 is 0 Å². The molecule has 1 rings (SSSR count). The summed E-state index contributed by atoms with van der Waals surface area (Å²) in [5.41, 5.74) is 2.51. The molecule has 0 spiro atoms. The highest BCUT2D eigenvalue weighted by molar-refractivity contribution is 5.43. The van der Waals surface area contributed by atoms with E-state index in [0.717, 1.165) is 19.5 Å². The van der Waals surface area contributed by atoms with Gasteiger partial charge in [-0.2, -0.15) is 15.0 Å². The zero-order valence-corrected chi connectivity index (χ0v) is 13.8. The van der Waals surface area contributed by atoms with Crippen LogP contribution in [0.15, 0.2) is 0 Å². The van der Waals surface area contributed by atoms with Crippen LogP contribution in [0, 0.1) is 5.92 Å². The summed E-state index contributed by atoms with van der Waals surface area (Å²) < 4.78 is 0. The minimum atomic E-state index is 0.310. The fraction of sp³-hybridized carbons (Fsp3) is 0.786. The Labute approximate surface area is 127 Å². The van der Waals surface area contributed by atoms with Gasteiger partial charge in [0, 0.05) is 19.1 Å². The summed E-state index contributed by atoms with van der Waals surface area (Å²) in [4.78, 5) is 15.1. The summed E-state index contributed by atoms with van der Waals surface area (Å²) >= 11 is 0. The van der Waals surface area contributed by atoms with Crippen molar-refractivity contribution in [1.82, 2.24) is 15.0 Å². The van der Waals surface area contributed by atoms with Crippen molar-refractivity contribution in [1.29, 1.82) is 0 Å². The first-order valence-corrected chi connectivity index (χ1v) is 7.74. The number of anilines is 3. The third kappa shape index (κ3) is 5.71. The molecule has 7 heteroatoms. The number of nitrogens with two attached hydrogens (primary N) is 1. The Morgan fingerprint density at radius 3 is 2.14 bits per heavy atom.